The molecule has 54 heavy (non-hydrogen) atoms. The molecule has 14 heteroatoms. The molecule has 0 unspecified atom stereocenters. The summed E-state index contributed by atoms with van der Waals surface area (Å²) >= 11 is 0. The molecule has 4 rings (SSSR count). The standard InChI is InChI=1S/C40H61N7O5Si2/c1-53(2,3)26-24-50-32-45-22-19-42-37(45)29-47(30-38-43-20-23-46(38)33-51-25-27-54(4,5)6)39(48)36-16-14-34(15-17-36)28-44(21-11-10-18-41)40(49)52-31-35-12-8-7-9-13-35/h7-9,12-17,19-20,22-23H,10-11,18,21,24-33,41H2,1-6H3. The summed E-state index contributed by atoms with van der Waals surface area (Å²) in [5.41, 5.74) is 8.08. The van der Waals surface area contributed by atoms with Crippen LogP contribution in [0.2, 0.25) is 51.4 Å². The summed E-state index contributed by atoms with van der Waals surface area (Å²) in [7, 11) is -2.46. The van der Waals surface area contributed by atoms with Crippen LogP contribution in [0.1, 0.15) is 46.0 Å². The normalized spacial score (nSPS) is 11.8. The van der Waals surface area contributed by atoms with Crippen molar-refractivity contribution in [2.75, 3.05) is 26.3 Å². The fourth-order valence-electron chi connectivity index (χ4n) is 5.49. The first-order valence-corrected chi connectivity index (χ1v) is 26.4. The Bertz CT molecular complexity index is 1640. The molecule has 2 heterocycles. The molecule has 2 amide bonds. The van der Waals surface area contributed by atoms with E-state index in [1.165, 1.54) is 0 Å². The van der Waals surface area contributed by atoms with Gasteiger partial charge in [-0.1, -0.05) is 81.7 Å². The molecule has 0 aliphatic heterocycles. The van der Waals surface area contributed by atoms with Gasteiger partial charge in [0.15, 0.2) is 0 Å². The molecule has 0 radical (unpaired) electrons. The van der Waals surface area contributed by atoms with Gasteiger partial charge in [-0.3, -0.25) is 4.79 Å². The van der Waals surface area contributed by atoms with Crippen LogP contribution in [-0.2, 0) is 53.9 Å². The number of carbonyl (C=O) groups excluding carboxylic acids is 2. The predicted molar refractivity (Wildman–Crippen MR) is 218 cm³/mol. The van der Waals surface area contributed by atoms with Crippen LogP contribution in [0, 0.1) is 0 Å². The number of carbonyl (C=O) groups is 2. The minimum absolute atomic E-state index is 0.160. The third kappa shape index (κ3) is 15.0. The van der Waals surface area contributed by atoms with Gasteiger partial charge in [-0.05, 0) is 54.7 Å². The highest BCUT2D eigenvalue weighted by Crippen LogP contribution is 2.18. The molecule has 0 saturated carbocycles. The summed E-state index contributed by atoms with van der Waals surface area (Å²) in [6.45, 7) is 18.2. The summed E-state index contributed by atoms with van der Waals surface area (Å²) in [5, 5.41) is 0. The van der Waals surface area contributed by atoms with E-state index in [0.717, 1.165) is 47.7 Å². The van der Waals surface area contributed by atoms with E-state index in [4.69, 9.17) is 19.9 Å². The smallest absolute Gasteiger partial charge is 0.410 e. The fraction of sp³-hybridized carbons (Fsp3) is 0.500. The number of rotatable bonds is 23. The molecule has 4 aromatic rings. The molecule has 0 saturated heterocycles. The van der Waals surface area contributed by atoms with E-state index in [9.17, 15) is 9.59 Å². The zero-order chi connectivity index (χ0) is 39.0. The number of benzene rings is 2. The van der Waals surface area contributed by atoms with Crippen molar-refractivity contribution in [3.8, 4) is 0 Å². The molecule has 0 bridgehead atoms. The lowest BCUT2D eigenvalue weighted by Gasteiger charge is -2.24. The van der Waals surface area contributed by atoms with Gasteiger partial charge in [0.1, 0.15) is 31.7 Å². The topological polar surface area (TPSA) is 130 Å². The molecule has 0 aliphatic carbocycles. The van der Waals surface area contributed by atoms with Crippen molar-refractivity contribution in [1.29, 1.82) is 0 Å². The van der Waals surface area contributed by atoms with Crippen molar-refractivity contribution in [3.63, 3.8) is 0 Å². The number of aromatic nitrogens is 4. The predicted octanol–water partition coefficient (Wildman–Crippen LogP) is 7.42. The molecular formula is C40H61N7O5Si2. The lowest BCUT2D eigenvalue weighted by Crippen LogP contribution is -2.33. The van der Waals surface area contributed by atoms with Crippen LogP contribution in [0.5, 0.6) is 0 Å². The van der Waals surface area contributed by atoms with Crippen LogP contribution >= 0.6 is 0 Å². The largest absolute Gasteiger partial charge is 0.445 e. The van der Waals surface area contributed by atoms with Gasteiger partial charge in [0.05, 0.1) is 13.1 Å². The molecule has 0 fully saturated rings. The summed E-state index contributed by atoms with van der Waals surface area (Å²) in [4.78, 5) is 40.2. The maximum atomic E-state index is 14.3. The summed E-state index contributed by atoms with van der Waals surface area (Å²) < 4.78 is 21.6. The van der Waals surface area contributed by atoms with Crippen molar-refractivity contribution in [2.24, 2.45) is 5.73 Å². The van der Waals surface area contributed by atoms with E-state index in [1.54, 1.807) is 22.2 Å². The molecule has 0 aliphatic rings. The fourth-order valence-corrected chi connectivity index (χ4v) is 7.00. The summed E-state index contributed by atoms with van der Waals surface area (Å²) in [6.07, 6.45) is 8.44. The SMILES string of the molecule is C[Si](C)(C)CCOCn1ccnc1CN(Cc1nccn1COCC[Si](C)(C)C)C(=O)c1ccc(CN(CCCCN)C(=O)OCc2ccccc2)cc1. The quantitative estimate of drug-likeness (QED) is 0.0609. The lowest BCUT2D eigenvalue weighted by molar-refractivity contribution is 0.0650. The Labute approximate surface area is 323 Å². The highest BCUT2D eigenvalue weighted by molar-refractivity contribution is 6.76. The third-order valence-electron chi connectivity index (χ3n) is 8.93. The van der Waals surface area contributed by atoms with Crippen molar-refractivity contribution in [2.45, 2.75) is 104 Å². The number of nitrogens with two attached hydrogens (primary N) is 1. The Morgan fingerprint density at radius 3 is 1.78 bits per heavy atom. The second-order valence-corrected chi connectivity index (χ2v) is 27.4. The third-order valence-corrected chi connectivity index (χ3v) is 12.3. The summed E-state index contributed by atoms with van der Waals surface area (Å²) in [6, 6.07) is 19.2. The number of imidazole rings is 2. The van der Waals surface area contributed by atoms with Gasteiger partial charge in [0.2, 0.25) is 0 Å². The monoisotopic (exact) mass is 775 g/mol. The van der Waals surface area contributed by atoms with E-state index >= 15 is 0 Å². The Morgan fingerprint density at radius 1 is 0.704 bits per heavy atom. The number of hydrogen-bond acceptors (Lipinski definition) is 8. The first kappa shape index (κ1) is 42.7. The Hall–Kier alpha value is -4.09. The number of unbranched alkanes of at least 4 members (excludes halogenated alkanes) is 1. The average Bonchev–Trinajstić information content (AvgIpc) is 3.78. The second-order valence-electron chi connectivity index (χ2n) is 16.1. The maximum Gasteiger partial charge on any atom is 0.410 e. The number of amides is 2. The molecule has 2 aromatic carbocycles. The van der Waals surface area contributed by atoms with Crippen LogP contribution in [0.3, 0.4) is 0 Å². The van der Waals surface area contributed by atoms with Gasteiger partial charge in [0, 0.05) is 72.8 Å². The van der Waals surface area contributed by atoms with Crippen LogP contribution < -0.4 is 5.73 Å². The molecule has 294 valence electrons. The van der Waals surface area contributed by atoms with Gasteiger partial charge < -0.3 is 38.9 Å². The molecule has 2 aromatic heterocycles. The first-order valence-electron chi connectivity index (χ1n) is 19.0. The highest BCUT2D eigenvalue weighted by atomic mass is 28.3. The van der Waals surface area contributed by atoms with Gasteiger partial charge in [-0.15, -0.1) is 0 Å². The zero-order valence-corrected chi connectivity index (χ0v) is 35.2. The van der Waals surface area contributed by atoms with Gasteiger partial charge in [0.25, 0.3) is 5.91 Å². The van der Waals surface area contributed by atoms with Crippen molar-refractivity contribution >= 4 is 28.1 Å². The Balaban J connectivity index is 1.49. The van der Waals surface area contributed by atoms with Crippen molar-refractivity contribution in [1.82, 2.24) is 28.9 Å². The minimum Gasteiger partial charge on any atom is -0.445 e. The molecule has 12 nitrogen and oxygen atoms in total. The van der Waals surface area contributed by atoms with E-state index in [1.807, 2.05) is 76.1 Å². The average molecular weight is 776 g/mol. The molecule has 0 atom stereocenters. The molecule has 0 spiro atoms. The summed E-state index contributed by atoms with van der Waals surface area (Å²) in [5.74, 6) is 1.28. The van der Waals surface area contributed by atoms with Crippen LogP contribution in [0.4, 0.5) is 4.79 Å². The van der Waals surface area contributed by atoms with E-state index in [0.29, 0.717) is 51.9 Å². The van der Waals surface area contributed by atoms with Crippen LogP contribution in [-0.4, -0.2) is 83.4 Å². The van der Waals surface area contributed by atoms with E-state index in [-0.39, 0.29) is 31.7 Å². The van der Waals surface area contributed by atoms with Crippen molar-refractivity contribution < 1.29 is 23.8 Å². The van der Waals surface area contributed by atoms with Gasteiger partial charge >= 0.3 is 6.09 Å². The van der Waals surface area contributed by atoms with Crippen LogP contribution in [0.25, 0.3) is 0 Å². The second kappa shape index (κ2) is 21.1. The number of ether oxygens (including phenoxy) is 3. The van der Waals surface area contributed by atoms with Crippen LogP contribution in [0.15, 0.2) is 79.4 Å². The first-order chi connectivity index (χ1) is 25.8. The lowest BCUT2D eigenvalue weighted by atomic mass is 10.1. The Morgan fingerprint density at radius 2 is 1.26 bits per heavy atom. The van der Waals surface area contributed by atoms with Gasteiger partial charge in [-0.25, -0.2) is 14.8 Å². The highest BCUT2D eigenvalue weighted by Gasteiger charge is 2.23. The van der Waals surface area contributed by atoms with Crippen molar-refractivity contribution in [3.05, 3.63) is 108 Å². The molecule has 2 N–H and O–H groups in total. The van der Waals surface area contributed by atoms with E-state index in [2.05, 4.69) is 49.3 Å². The Kier molecular flexibility index (Phi) is 16.7. The molecular weight excluding hydrogens is 715 g/mol. The zero-order valence-electron chi connectivity index (χ0n) is 33.2. The maximum absolute atomic E-state index is 14.3. The van der Waals surface area contributed by atoms with Gasteiger partial charge in [-0.2, -0.15) is 0 Å². The number of hydrogen-bond donors (Lipinski definition) is 1. The number of nitrogens with zero attached hydrogens (tertiary/aromatic N) is 6. The van der Waals surface area contributed by atoms with E-state index < -0.39 is 16.1 Å². The minimum atomic E-state index is -1.23.